The molecule has 0 aliphatic heterocycles. The number of ketones is 1. The maximum Gasteiger partial charge on any atom is 0.263 e. The van der Waals surface area contributed by atoms with Crippen molar-refractivity contribution < 1.29 is 4.79 Å². The van der Waals surface area contributed by atoms with E-state index >= 15 is 0 Å². The van der Waals surface area contributed by atoms with Crippen LogP contribution in [0.1, 0.15) is 53.3 Å². The zero-order valence-electron chi connectivity index (χ0n) is 16.3. The van der Waals surface area contributed by atoms with E-state index in [0.29, 0.717) is 29.6 Å². The van der Waals surface area contributed by atoms with Crippen molar-refractivity contribution >= 4 is 39.1 Å². The number of fused-ring (bicyclic) bond motifs is 3. The average Bonchev–Trinajstić information content (AvgIpc) is 3.36. The Labute approximate surface area is 171 Å². The van der Waals surface area contributed by atoms with Crippen LogP contribution in [0.3, 0.4) is 0 Å². The predicted molar refractivity (Wildman–Crippen MR) is 112 cm³/mol. The molecule has 148 valence electrons. The molecule has 9 heteroatoms. The Morgan fingerprint density at radius 3 is 2.79 bits per heavy atom. The lowest BCUT2D eigenvalue weighted by Gasteiger charge is -2.11. The fourth-order valence-corrected chi connectivity index (χ4v) is 5.81. The second-order valence-electron chi connectivity index (χ2n) is 6.92. The van der Waals surface area contributed by atoms with E-state index in [1.54, 1.807) is 22.8 Å². The van der Waals surface area contributed by atoms with Gasteiger partial charge in [0.2, 0.25) is 0 Å². The Morgan fingerprint density at radius 2 is 2.07 bits per heavy atom. The summed E-state index contributed by atoms with van der Waals surface area (Å²) in [7, 11) is 0. The molecular weight excluding hydrogens is 394 g/mol. The third-order valence-corrected chi connectivity index (χ3v) is 7.10. The first-order valence-electron chi connectivity index (χ1n) is 9.66. The van der Waals surface area contributed by atoms with Crippen LogP contribution in [0.15, 0.2) is 9.95 Å². The van der Waals surface area contributed by atoms with Gasteiger partial charge in [-0.05, 0) is 45.1 Å². The molecule has 0 unspecified atom stereocenters. The number of hydrogen-bond acceptors (Lipinski definition) is 7. The van der Waals surface area contributed by atoms with Crippen molar-refractivity contribution in [3.63, 3.8) is 0 Å². The largest absolute Gasteiger partial charge is 0.291 e. The number of carbonyl (C=O) groups excluding carboxylic acids is 1. The lowest BCUT2D eigenvalue weighted by molar-refractivity contribution is 0.101. The number of Topliss-reactive ketones (excluding diaryl/α,β-unsaturated/α-hetero) is 1. The van der Waals surface area contributed by atoms with E-state index < -0.39 is 0 Å². The lowest BCUT2D eigenvalue weighted by Crippen LogP contribution is -2.23. The van der Waals surface area contributed by atoms with E-state index in [1.807, 2.05) is 13.8 Å². The Hall–Kier alpha value is -2.00. The first-order valence-corrected chi connectivity index (χ1v) is 11.5. The zero-order valence-corrected chi connectivity index (χ0v) is 18.0. The normalized spacial score (nSPS) is 13.4. The fourth-order valence-electron chi connectivity index (χ4n) is 3.62. The van der Waals surface area contributed by atoms with E-state index in [1.165, 1.54) is 27.0 Å². The number of thioether (sulfide) groups is 1. The van der Waals surface area contributed by atoms with Crippen LogP contribution in [0.5, 0.6) is 0 Å². The van der Waals surface area contributed by atoms with E-state index in [9.17, 15) is 9.59 Å². The van der Waals surface area contributed by atoms with E-state index in [0.717, 1.165) is 35.9 Å². The summed E-state index contributed by atoms with van der Waals surface area (Å²) in [4.78, 5) is 34.2. The minimum absolute atomic E-state index is 0.0364. The van der Waals surface area contributed by atoms with Gasteiger partial charge in [0, 0.05) is 11.4 Å². The topological polar surface area (TPSA) is 82.7 Å². The molecule has 0 fully saturated rings. The number of nitrogens with zero attached hydrogens (tertiary/aromatic N) is 5. The van der Waals surface area contributed by atoms with Gasteiger partial charge in [0.15, 0.2) is 16.6 Å². The van der Waals surface area contributed by atoms with Crippen LogP contribution in [0.4, 0.5) is 0 Å². The summed E-state index contributed by atoms with van der Waals surface area (Å²) in [6.07, 6.45) is 3.96. The Bertz CT molecular complexity index is 1110. The highest BCUT2D eigenvalue weighted by atomic mass is 32.2. The molecule has 0 saturated carbocycles. The minimum atomic E-state index is -0.0896. The average molecular weight is 418 g/mol. The van der Waals surface area contributed by atoms with Gasteiger partial charge >= 0.3 is 0 Å². The van der Waals surface area contributed by atoms with Crippen molar-refractivity contribution in [1.29, 1.82) is 0 Å². The van der Waals surface area contributed by atoms with Crippen molar-refractivity contribution in [3.8, 4) is 0 Å². The molecule has 28 heavy (non-hydrogen) atoms. The van der Waals surface area contributed by atoms with Gasteiger partial charge in [-0.1, -0.05) is 18.7 Å². The van der Waals surface area contributed by atoms with Crippen molar-refractivity contribution in [3.05, 3.63) is 32.2 Å². The summed E-state index contributed by atoms with van der Waals surface area (Å²) < 4.78 is 1.74. The smallest absolute Gasteiger partial charge is 0.263 e. The molecule has 3 aromatic heterocycles. The highest BCUT2D eigenvalue weighted by Crippen LogP contribution is 2.35. The fraction of sp³-hybridized carbons (Fsp3) is 0.526. The van der Waals surface area contributed by atoms with Crippen LogP contribution < -0.4 is 5.56 Å². The highest BCUT2D eigenvalue weighted by molar-refractivity contribution is 7.99. The summed E-state index contributed by atoms with van der Waals surface area (Å²) in [6.45, 7) is 7.00. The first-order chi connectivity index (χ1) is 13.5. The summed E-state index contributed by atoms with van der Waals surface area (Å²) in [5.74, 6) is 0.101. The number of aromatic nitrogens is 5. The molecule has 0 spiro atoms. The Kier molecular flexibility index (Phi) is 5.37. The maximum absolute atomic E-state index is 13.2. The van der Waals surface area contributed by atoms with Gasteiger partial charge in [-0.25, -0.2) is 4.98 Å². The van der Waals surface area contributed by atoms with Crippen LogP contribution in [-0.2, 0) is 25.9 Å². The van der Waals surface area contributed by atoms with Crippen LogP contribution in [0, 0.1) is 6.92 Å². The molecule has 1 aliphatic carbocycles. The standard InChI is InChI=1S/C19H23N5O2S2/c1-4-9-23-18(26)15-12-7-6-8-14(12)28-17(15)20-19(23)27-10-13(25)16-11(3)21-24(5-2)22-16/h4-10H2,1-3H3. The quantitative estimate of drug-likeness (QED) is 0.333. The third kappa shape index (κ3) is 3.30. The molecule has 1 aliphatic rings. The number of thiophene rings is 1. The SMILES string of the molecule is CCCn1c(SCC(=O)c2nn(CC)nc2C)nc2sc3c(c2c1=O)CCC3. The van der Waals surface area contributed by atoms with Crippen molar-refractivity contribution in [2.24, 2.45) is 0 Å². The summed E-state index contributed by atoms with van der Waals surface area (Å²) >= 11 is 2.95. The van der Waals surface area contributed by atoms with Gasteiger partial charge in [0.05, 0.1) is 23.4 Å². The second kappa shape index (κ2) is 7.79. The molecule has 0 saturated heterocycles. The number of aryl methyl sites for hydroxylation is 4. The number of rotatable bonds is 7. The molecule has 0 amide bonds. The lowest BCUT2D eigenvalue weighted by atomic mass is 10.2. The second-order valence-corrected chi connectivity index (χ2v) is 8.95. The maximum atomic E-state index is 13.2. The molecule has 0 aromatic carbocycles. The van der Waals surface area contributed by atoms with Crippen molar-refractivity contribution in [2.45, 2.75) is 64.7 Å². The van der Waals surface area contributed by atoms with E-state index in [2.05, 4.69) is 10.2 Å². The molecular formula is C19H23N5O2S2. The Morgan fingerprint density at radius 1 is 1.25 bits per heavy atom. The van der Waals surface area contributed by atoms with Crippen molar-refractivity contribution in [2.75, 3.05) is 5.75 Å². The molecule has 0 radical (unpaired) electrons. The molecule has 0 N–H and O–H groups in total. The highest BCUT2D eigenvalue weighted by Gasteiger charge is 2.24. The van der Waals surface area contributed by atoms with Gasteiger partial charge in [0.1, 0.15) is 4.83 Å². The molecule has 4 rings (SSSR count). The van der Waals surface area contributed by atoms with E-state index in [4.69, 9.17) is 4.98 Å². The van der Waals surface area contributed by atoms with Gasteiger partial charge in [-0.15, -0.1) is 16.4 Å². The molecule has 0 bridgehead atoms. The number of carbonyl (C=O) groups is 1. The van der Waals surface area contributed by atoms with Crippen LogP contribution in [-0.4, -0.2) is 36.1 Å². The summed E-state index contributed by atoms with van der Waals surface area (Å²) in [5, 5.41) is 9.91. The van der Waals surface area contributed by atoms with E-state index in [-0.39, 0.29) is 17.1 Å². The first kappa shape index (κ1) is 19.3. The molecule has 0 atom stereocenters. The molecule has 7 nitrogen and oxygen atoms in total. The third-order valence-electron chi connectivity index (χ3n) is 4.94. The minimum Gasteiger partial charge on any atom is -0.291 e. The van der Waals surface area contributed by atoms with Crippen LogP contribution >= 0.6 is 23.1 Å². The van der Waals surface area contributed by atoms with Gasteiger partial charge < -0.3 is 0 Å². The van der Waals surface area contributed by atoms with Crippen molar-refractivity contribution in [1.82, 2.24) is 24.5 Å². The van der Waals surface area contributed by atoms with Gasteiger partial charge in [0.25, 0.3) is 5.56 Å². The predicted octanol–water partition coefficient (Wildman–Crippen LogP) is 3.25. The zero-order chi connectivity index (χ0) is 19.8. The number of hydrogen-bond donors (Lipinski definition) is 0. The molecule has 3 heterocycles. The molecule has 3 aromatic rings. The van der Waals surface area contributed by atoms with Crippen LogP contribution in [0.25, 0.3) is 10.2 Å². The summed E-state index contributed by atoms with van der Waals surface area (Å²) in [6, 6.07) is 0. The van der Waals surface area contributed by atoms with Gasteiger partial charge in [-0.2, -0.15) is 9.90 Å². The van der Waals surface area contributed by atoms with Crippen LogP contribution in [0.2, 0.25) is 0 Å². The van der Waals surface area contributed by atoms with Gasteiger partial charge in [-0.3, -0.25) is 14.2 Å². The monoisotopic (exact) mass is 417 g/mol. The summed E-state index contributed by atoms with van der Waals surface area (Å²) in [5.41, 5.74) is 2.27. The Balaban J connectivity index is 1.66.